The molecule has 1 N–H and O–H groups in total. The Morgan fingerprint density at radius 1 is 1.24 bits per heavy atom. The molecule has 0 radical (unpaired) electrons. The molecule has 0 spiro atoms. The normalized spacial score (nSPS) is 12.3. The second kappa shape index (κ2) is 7.06. The van der Waals surface area contributed by atoms with Gasteiger partial charge in [0.2, 0.25) is 5.75 Å². The number of aryl methyl sites for hydroxylation is 1. The van der Waals surface area contributed by atoms with Gasteiger partial charge in [0.1, 0.15) is 0 Å². The highest BCUT2D eigenvalue weighted by Gasteiger charge is 2.21. The molecule has 0 bridgehead atoms. The Balaban J connectivity index is 1.84. The Bertz CT molecular complexity index is 891. The van der Waals surface area contributed by atoms with Crippen molar-refractivity contribution in [3.63, 3.8) is 0 Å². The van der Waals surface area contributed by atoms with Crippen molar-refractivity contribution in [2.45, 2.75) is 33.1 Å². The molecule has 3 rings (SSSR count). The van der Waals surface area contributed by atoms with Gasteiger partial charge in [-0.15, -0.1) is 0 Å². The number of hydrogen-bond acceptors (Lipinski definition) is 3. The molecule has 3 heteroatoms. The van der Waals surface area contributed by atoms with Crippen LogP contribution in [-0.2, 0) is 0 Å². The van der Waals surface area contributed by atoms with Crippen molar-refractivity contribution < 1.29 is 14.3 Å². The minimum absolute atomic E-state index is 0.111. The van der Waals surface area contributed by atoms with Crippen LogP contribution >= 0.6 is 0 Å². The van der Waals surface area contributed by atoms with Crippen molar-refractivity contribution >= 4 is 16.5 Å². The van der Waals surface area contributed by atoms with Gasteiger partial charge in [-0.25, -0.2) is 0 Å². The molecule has 0 aliphatic carbocycles. The zero-order chi connectivity index (χ0) is 18.0. The molecule has 0 fully saturated rings. The van der Waals surface area contributed by atoms with E-state index in [1.807, 2.05) is 38.1 Å². The van der Waals surface area contributed by atoms with E-state index in [9.17, 15) is 5.11 Å². The number of furan rings is 1. The lowest BCUT2D eigenvalue weighted by molar-refractivity contribution is 0.285. The van der Waals surface area contributed by atoms with E-state index in [0.717, 1.165) is 28.5 Å². The van der Waals surface area contributed by atoms with Crippen LogP contribution in [0, 0.1) is 6.92 Å². The summed E-state index contributed by atoms with van der Waals surface area (Å²) >= 11 is 0. The lowest BCUT2D eigenvalue weighted by Crippen LogP contribution is -2.04. The first-order valence-electron chi connectivity index (χ1n) is 8.57. The van der Waals surface area contributed by atoms with Crippen LogP contribution in [0.25, 0.3) is 16.5 Å². The fourth-order valence-corrected chi connectivity index (χ4v) is 3.26. The largest absolute Gasteiger partial charge is 0.504 e. The summed E-state index contributed by atoms with van der Waals surface area (Å²) in [5.41, 5.74) is 4.37. The number of phenolic OH excluding ortho intramolecular Hbond substituents is 1. The monoisotopic (exact) mass is 336 g/mol. The SMILES string of the molecule is C=C(C)c1c(O)c(OCCC(C)c2ccccc2)c2occc2c1C. The third-order valence-corrected chi connectivity index (χ3v) is 4.69. The number of aromatic hydroxyl groups is 1. The topological polar surface area (TPSA) is 42.6 Å². The van der Waals surface area contributed by atoms with Gasteiger partial charge in [0.25, 0.3) is 0 Å². The summed E-state index contributed by atoms with van der Waals surface area (Å²) in [5.74, 6) is 0.894. The summed E-state index contributed by atoms with van der Waals surface area (Å²) in [6.45, 7) is 10.5. The number of hydrogen-bond donors (Lipinski definition) is 1. The van der Waals surface area contributed by atoms with Crippen LogP contribution in [-0.4, -0.2) is 11.7 Å². The van der Waals surface area contributed by atoms with Gasteiger partial charge in [0.05, 0.1) is 12.9 Å². The van der Waals surface area contributed by atoms with Crippen molar-refractivity contribution in [1.29, 1.82) is 0 Å². The molecular weight excluding hydrogens is 312 g/mol. The Labute approximate surface area is 148 Å². The van der Waals surface area contributed by atoms with E-state index in [2.05, 4.69) is 25.6 Å². The maximum atomic E-state index is 10.7. The van der Waals surface area contributed by atoms with E-state index >= 15 is 0 Å². The van der Waals surface area contributed by atoms with E-state index < -0.39 is 0 Å². The summed E-state index contributed by atoms with van der Waals surface area (Å²) in [6, 6.07) is 12.3. The Morgan fingerprint density at radius 2 is 1.96 bits per heavy atom. The maximum absolute atomic E-state index is 10.7. The first-order valence-corrected chi connectivity index (χ1v) is 8.57. The molecule has 3 aromatic rings. The Kier molecular flexibility index (Phi) is 4.84. The lowest BCUT2D eigenvalue weighted by Gasteiger charge is -2.17. The molecule has 25 heavy (non-hydrogen) atoms. The van der Waals surface area contributed by atoms with Crippen LogP contribution in [0.4, 0.5) is 0 Å². The molecule has 1 aromatic heterocycles. The summed E-state index contributed by atoms with van der Waals surface area (Å²) < 4.78 is 11.5. The molecule has 0 aliphatic rings. The van der Waals surface area contributed by atoms with Gasteiger partial charge in [-0.1, -0.05) is 43.8 Å². The van der Waals surface area contributed by atoms with Crippen molar-refractivity contribution in [1.82, 2.24) is 0 Å². The molecular formula is C22H24O3. The molecule has 0 aliphatic heterocycles. The average Bonchev–Trinajstić information content (AvgIpc) is 3.08. The predicted octanol–water partition coefficient (Wildman–Crippen LogP) is 6.05. The predicted molar refractivity (Wildman–Crippen MR) is 102 cm³/mol. The molecule has 2 aromatic carbocycles. The van der Waals surface area contributed by atoms with E-state index in [1.165, 1.54) is 5.56 Å². The van der Waals surface area contributed by atoms with E-state index in [1.54, 1.807) is 6.26 Å². The number of benzene rings is 2. The highest BCUT2D eigenvalue weighted by atomic mass is 16.5. The number of rotatable bonds is 6. The van der Waals surface area contributed by atoms with Gasteiger partial charge in [-0.05, 0) is 49.0 Å². The third-order valence-electron chi connectivity index (χ3n) is 4.69. The summed E-state index contributed by atoms with van der Waals surface area (Å²) in [6.07, 6.45) is 2.47. The standard InChI is InChI=1S/C22H24O3/c1-14(2)19-16(4)18-11-13-24-21(18)22(20(19)23)25-12-10-15(3)17-8-6-5-7-9-17/h5-9,11,13,15,23H,1,10,12H2,2-4H3. The maximum Gasteiger partial charge on any atom is 0.205 e. The Morgan fingerprint density at radius 3 is 2.64 bits per heavy atom. The lowest BCUT2D eigenvalue weighted by atomic mass is 9.97. The first kappa shape index (κ1) is 17.2. The highest BCUT2D eigenvalue weighted by Crippen LogP contribution is 2.44. The summed E-state index contributed by atoms with van der Waals surface area (Å²) in [5, 5.41) is 11.6. The molecule has 1 heterocycles. The second-order valence-electron chi connectivity index (χ2n) is 6.57. The Hall–Kier alpha value is -2.68. The van der Waals surface area contributed by atoms with Gasteiger partial charge < -0.3 is 14.3 Å². The van der Waals surface area contributed by atoms with Crippen molar-refractivity contribution in [3.8, 4) is 11.5 Å². The van der Waals surface area contributed by atoms with E-state index in [0.29, 0.717) is 23.9 Å². The van der Waals surface area contributed by atoms with Crippen LogP contribution in [0.15, 0.2) is 53.7 Å². The fraction of sp³-hybridized carbons (Fsp3) is 0.273. The zero-order valence-electron chi connectivity index (χ0n) is 15.0. The van der Waals surface area contributed by atoms with E-state index in [4.69, 9.17) is 9.15 Å². The van der Waals surface area contributed by atoms with Crippen molar-refractivity contribution in [2.24, 2.45) is 0 Å². The van der Waals surface area contributed by atoms with Crippen LogP contribution in [0.2, 0.25) is 0 Å². The van der Waals surface area contributed by atoms with Gasteiger partial charge >= 0.3 is 0 Å². The molecule has 1 unspecified atom stereocenters. The molecule has 3 nitrogen and oxygen atoms in total. The smallest absolute Gasteiger partial charge is 0.205 e. The quantitative estimate of drug-likeness (QED) is 0.595. The van der Waals surface area contributed by atoms with Crippen LogP contribution in [0.5, 0.6) is 11.5 Å². The molecule has 130 valence electrons. The summed E-state index contributed by atoms with van der Waals surface area (Å²) in [7, 11) is 0. The minimum Gasteiger partial charge on any atom is -0.504 e. The van der Waals surface area contributed by atoms with Crippen LogP contribution < -0.4 is 4.74 Å². The third kappa shape index (κ3) is 3.27. The molecule has 0 saturated carbocycles. The summed E-state index contributed by atoms with van der Waals surface area (Å²) in [4.78, 5) is 0. The molecule has 0 amide bonds. The minimum atomic E-state index is 0.111. The van der Waals surface area contributed by atoms with Gasteiger partial charge in [0.15, 0.2) is 11.3 Å². The van der Waals surface area contributed by atoms with Crippen molar-refractivity contribution in [3.05, 3.63) is 65.9 Å². The molecule has 0 saturated heterocycles. The number of ether oxygens (including phenoxy) is 1. The van der Waals surface area contributed by atoms with Crippen molar-refractivity contribution in [2.75, 3.05) is 6.61 Å². The van der Waals surface area contributed by atoms with Crippen LogP contribution in [0.1, 0.15) is 42.9 Å². The van der Waals surface area contributed by atoms with E-state index in [-0.39, 0.29) is 5.75 Å². The van der Waals surface area contributed by atoms with Crippen LogP contribution in [0.3, 0.4) is 0 Å². The highest BCUT2D eigenvalue weighted by molar-refractivity contribution is 5.94. The first-order chi connectivity index (χ1) is 12.0. The van der Waals surface area contributed by atoms with Gasteiger partial charge in [-0.3, -0.25) is 0 Å². The fourth-order valence-electron chi connectivity index (χ4n) is 3.26. The molecule has 1 atom stereocenters. The van der Waals surface area contributed by atoms with Gasteiger partial charge in [-0.2, -0.15) is 0 Å². The number of phenols is 1. The number of fused-ring (bicyclic) bond motifs is 1. The van der Waals surface area contributed by atoms with Gasteiger partial charge in [0, 0.05) is 10.9 Å². The second-order valence-corrected chi connectivity index (χ2v) is 6.57. The zero-order valence-corrected chi connectivity index (χ0v) is 15.0. The average molecular weight is 336 g/mol. The number of allylic oxidation sites excluding steroid dienone is 1.